The fourth-order valence-corrected chi connectivity index (χ4v) is 8.69. The van der Waals surface area contributed by atoms with Crippen molar-refractivity contribution in [1.82, 2.24) is 20.9 Å². The molecular weight excluding hydrogens is 584 g/mol. The number of nitrogens with one attached hydrogen (secondary N) is 4. The Bertz CT molecular complexity index is 1460. The number of ether oxygens (including phenoxy) is 1. The SMILES string of the molecule is CSCCCC(=O)N[C@@H](CNC(=O)[C@@](C)(Cc1c[nH]c2ccccc12)NC(=O)OC1C2CC3CC(C2)CC1C3)c1ccccc1. The van der Waals surface area contributed by atoms with E-state index in [0.29, 0.717) is 18.3 Å². The normalized spacial score (nSPS) is 25.3. The molecule has 4 fully saturated rings. The second-order valence-corrected chi connectivity index (χ2v) is 14.6. The molecule has 4 saturated carbocycles. The number of benzene rings is 2. The van der Waals surface area contributed by atoms with Crippen molar-refractivity contribution in [2.45, 2.75) is 76.0 Å². The Morgan fingerprint density at radius 1 is 0.978 bits per heavy atom. The van der Waals surface area contributed by atoms with E-state index in [0.717, 1.165) is 71.7 Å². The number of amides is 3. The van der Waals surface area contributed by atoms with Crippen molar-refractivity contribution in [3.05, 3.63) is 71.9 Å². The quantitative estimate of drug-likeness (QED) is 0.170. The van der Waals surface area contributed by atoms with Crippen molar-refractivity contribution in [3.63, 3.8) is 0 Å². The highest BCUT2D eigenvalue weighted by molar-refractivity contribution is 7.98. The first-order chi connectivity index (χ1) is 21.8. The maximum absolute atomic E-state index is 14.1. The molecule has 2 atom stereocenters. The Morgan fingerprint density at radius 3 is 2.38 bits per heavy atom. The maximum Gasteiger partial charge on any atom is 0.408 e. The highest BCUT2D eigenvalue weighted by atomic mass is 32.2. The van der Waals surface area contributed by atoms with Crippen LogP contribution in [0.2, 0.25) is 0 Å². The molecule has 1 aromatic heterocycles. The van der Waals surface area contributed by atoms with Gasteiger partial charge in [-0.15, -0.1) is 0 Å². The number of aromatic nitrogens is 1. The summed E-state index contributed by atoms with van der Waals surface area (Å²) in [6, 6.07) is 17.2. The molecule has 7 rings (SSSR count). The minimum Gasteiger partial charge on any atom is -0.446 e. The number of alkyl carbamates (subject to hydrolysis) is 1. The zero-order valence-corrected chi connectivity index (χ0v) is 27.2. The van der Waals surface area contributed by atoms with Gasteiger partial charge in [0.2, 0.25) is 11.8 Å². The molecule has 0 aliphatic heterocycles. The molecule has 3 aromatic rings. The van der Waals surface area contributed by atoms with E-state index in [1.807, 2.05) is 67.0 Å². The summed E-state index contributed by atoms with van der Waals surface area (Å²) in [5.41, 5.74) is 1.51. The summed E-state index contributed by atoms with van der Waals surface area (Å²) in [6.45, 7) is 1.95. The Morgan fingerprint density at radius 2 is 1.67 bits per heavy atom. The zero-order valence-electron chi connectivity index (χ0n) is 26.3. The molecule has 0 spiro atoms. The maximum atomic E-state index is 14.1. The predicted octanol–water partition coefficient (Wildman–Crippen LogP) is 6.14. The Labute approximate surface area is 270 Å². The second-order valence-electron chi connectivity index (χ2n) is 13.6. The van der Waals surface area contributed by atoms with Gasteiger partial charge < -0.3 is 25.7 Å². The fourth-order valence-electron chi connectivity index (χ4n) is 8.26. The van der Waals surface area contributed by atoms with Gasteiger partial charge in [0.1, 0.15) is 11.6 Å². The van der Waals surface area contributed by atoms with E-state index in [-0.39, 0.29) is 30.9 Å². The number of hydrogen-bond acceptors (Lipinski definition) is 5. The van der Waals surface area contributed by atoms with Gasteiger partial charge in [-0.25, -0.2) is 4.79 Å². The fraction of sp³-hybridized carbons (Fsp3) is 0.528. The van der Waals surface area contributed by atoms with Crippen LogP contribution in [-0.4, -0.2) is 53.1 Å². The molecular formula is C36H46N4O4S. The standard InChI is InChI=1S/C36H46N4O4S/c1-36(20-28-21-37-30-12-7-6-11-29(28)30,40-35(43)44-33-26-16-23-15-24(18-26)19-27(33)17-23)34(42)38-22-31(25-9-4-3-5-10-25)39-32(41)13-8-14-45-2/h3-7,9-12,21,23-24,26-27,31,33,37H,8,13-20,22H2,1-2H3,(H,38,42)(H,39,41)(H,40,43)/t23?,24?,26?,27?,31-,33?,36+/m0/s1. The molecule has 240 valence electrons. The van der Waals surface area contributed by atoms with Crippen LogP contribution in [0.25, 0.3) is 10.9 Å². The van der Waals surface area contributed by atoms with Crippen LogP contribution in [0.1, 0.15) is 69.0 Å². The highest BCUT2D eigenvalue weighted by Crippen LogP contribution is 2.54. The average molecular weight is 631 g/mol. The van der Waals surface area contributed by atoms with Crippen molar-refractivity contribution in [2.24, 2.45) is 23.7 Å². The molecule has 0 saturated heterocycles. The summed E-state index contributed by atoms with van der Waals surface area (Å²) >= 11 is 1.72. The lowest BCUT2D eigenvalue weighted by Crippen LogP contribution is -2.60. The number of thioether (sulfide) groups is 1. The van der Waals surface area contributed by atoms with Crippen molar-refractivity contribution in [3.8, 4) is 0 Å². The molecule has 4 N–H and O–H groups in total. The third-order valence-electron chi connectivity index (χ3n) is 10.2. The lowest BCUT2D eigenvalue weighted by Gasteiger charge is -2.53. The first kappa shape index (κ1) is 31.5. The van der Waals surface area contributed by atoms with E-state index in [1.54, 1.807) is 18.7 Å². The summed E-state index contributed by atoms with van der Waals surface area (Å²) in [7, 11) is 0. The molecule has 4 aliphatic carbocycles. The lowest BCUT2D eigenvalue weighted by atomic mass is 9.55. The molecule has 0 radical (unpaired) electrons. The molecule has 4 bridgehead atoms. The van der Waals surface area contributed by atoms with E-state index in [4.69, 9.17) is 4.74 Å². The molecule has 2 aromatic carbocycles. The number of H-pyrrole nitrogens is 1. The number of carbonyl (C=O) groups is 3. The Balaban J connectivity index is 1.18. The van der Waals surface area contributed by atoms with Crippen LogP contribution >= 0.6 is 11.8 Å². The smallest absolute Gasteiger partial charge is 0.408 e. The molecule has 4 aliphatic rings. The summed E-state index contributed by atoms with van der Waals surface area (Å²) in [5.74, 6) is 2.93. The van der Waals surface area contributed by atoms with Crippen molar-refractivity contribution >= 4 is 40.6 Å². The van der Waals surface area contributed by atoms with E-state index in [1.165, 1.54) is 6.42 Å². The van der Waals surface area contributed by atoms with Gasteiger partial charge in [-0.1, -0.05) is 48.5 Å². The molecule has 9 heteroatoms. The van der Waals surface area contributed by atoms with Crippen LogP contribution < -0.4 is 16.0 Å². The summed E-state index contributed by atoms with van der Waals surface area (Å²) in [5, 5.41) is 10.2. The third-order valence-corrected chi connectivity index (χ3v) is 10.9. The van der Waals surface area contributed by atoms with Gasteiger partial charge in [-0.3, -0.25) is 9.59 Å². The van der Waals surface area contributed by atoms with E-state index in [2.05, 4.69) is 20.9 Å². The lowest BCUT2D eigenvalue weighted by molar-refractivity contribution is -0.128. The van der Waals surface area contributed by atoms with Crippen LogP contribution in [0.3, 0.4) is 0 Å². The monoisotopic (exact) mass is 630 g/mol. The first-order valence-electron chi connectivity index (χ1n) is 16.5. The van der Waals surface area contributed by atoms with Gasteiger partial charge in [0.25, 0.3) is 0 Å². The van der Waals surface area contributed by atoms with Crippen LogP contribution in [-0.2, 0) is 20.7 Å². The second kappa shape index (κ2) is 13.9. The number of fused-ring (bicyclic) bond motifs is 1. The van der Waals surface area contributed by atoms with E-state index >= 15 is 0 Å². The zero-order chi connectivity index (χ0) is 31.4. The molecule has 0 unspecified atom stereocenters. The van der Waals surface area contributed by atoms with Crippen molar-refractivity contribution < 1.29 is 19.1 Å². The number of aromatic amines is 1. The molecule has 3 amide bonds. The van der Waals surface area contributed by atoms with Crippen LogP contribution in [0.4, 0.5) is 4.79 Å². The van der Waals surface area contributed by atoms with Crippen molar-refractivity contribution in [1.29, 1.82) is 0 Å². The van der Waals surface area contributed by atoms with Crippen molar-refractivity contribution in [2.75, 3.05) is 18.6 Å². The first-order valence-corrected chi connectivity index (χ1v) is 17.9. The number of carbonyl (C=O) groups excluding carboxylic acids is 3. The summed E-state index contributed by atoms with van der Waals surface area (Å²) in [6.07, 6.45) is 10.7. The van der Waals surface area contributed by atoms with Gasteiger partial charge in [0, 0.05) is 36.5 Å². The van der Waals surface area contributed by atoms with Gasteiger partial charge in [0.05, 0.1) is 6.04 Å². The van der Waals surface area contributed by atoms with Gasteiger partial charge >= 0.3 is 6.09 Å². The summed E-state index contributed by atoms with van der Waals surface area (Å²) in [4.78, 5) is 43.8. The summed E-state index contributed by atoms with van der Waals surface area (Å²) < 4.78 is 6.18. The van der Waals surface area contributed by atoms with E-state index < -0.39 is 17.7 Å². The van der Waals surface area contributed by atoms with Gasteiger partial charge in [-0.2, -0.15) is 11.8 Å². The third kappa shape index (κ3) is 7.35. The minimum absolute atomic E-state index is 0.0499. The minimum atomic E-state index is -1.29. The molecule has 45 heavy (non-hydrogen) atoms. The number of rotatable bonds is 13. The molecule has 8 nitrogen and oxygen atoms in total. The Kier molecular flexibility index (Phi) is 9.73. The predicted molar refractivity (Wildman–Crippen MR) is 179 cm³/mol. The highest BCUT2D eigenvalue weighted by Gasteiger charge is 2.50. The average Bonchev–Trinajstić information content (AvgIpc) is 3.43. The largest absolute Gasteiger partial charge is 0.446 e. The van der Waals surface area contributed by atoms with Gasteiger partial charge in [-0.05, 0) is 98.3 Å². The molecule has 1 heterocycles. The number of hydrogen-bond donors (Lipinski definition) is 4. The van der Waals surface area contributed by atoms with Crippen LogP contribution in [0, 0.1) is 23.7 Å². The topological polar surface area (TPSA) is 112 Å². The van der Waals surface area contributed by atoms with Crippen LogP contribution in [0.15, 0.2) is 60.8 Å². The van der Waals surface area contributed by atoms with Crippen LogP contribution in [0.5, 0.6) is 0 Å². The Hall–Kier alpha value is -3.46. The van der Waals surface area contributed by atoms with Gasteiger partial charge in [0.15, 0.2) is 0 Å². The van der Waals surface area contributed by atoms with E-state index in [9.17, 15) is 14.4 Å². The number of para-hydroxylation sites is 1.